The van der Waals surface area contributed by atoms with Crippen molar-refractivity contribution in [3.05, 3.63) is 5.82 Å². The number of aliphatic hydroxyl groups is 1. The predicted molar refractivity (Wildman–Crippen MR) is 73.0 cm³/mol. The van der Waals surface area contributed by atoms with E-state index in [2.05, 4.69) is 14.7 Å². The van der Waals surface area contributed by atoms with Crippen molar-refractivity contribution < 1.29 is 5.11 Å². The molecule has 3 rings (SSSR count). The number of rotatable bonds is 5. The molecule has 1 aromatic heterocycles. The standard InChI is InChI=1S/C13H21N3OS/c17-9-13(6-2-1-3-7-13)8-14-12-15-11(16-18-12)10-4-5-10/h10,17H,1-9H2,(H,14,15,16). The van der Waals surface area contributed by atoms with E-state index in [1.165, 1.54) is 43.6 Å². The average molecular weight is 267 g/mol. The van der Waals surface area contributed by atoms with Crippen molar-refractivity contribution in [3.63, 3.8) is 0 Å². The molecule has 0 spiro atoms. The number of aromatic nitrogens is 2. The van der Waals surface area contributed by atoms with Gasteiger partial charge in [-0.05, 0) is 25.7 Å². The summed E-state index contributed by atoms with van der Waals surface area (Å²) >= 11 is 1.46. The molecule has 2 aliphatic rings. The van der Waals surface area contributed by atoms with Gasteiger partial charge in [0.05, 0.1) is 6.61 Å². The first-order valence-electron chi connectivity index (χ1n) is 7.00. The fraction of sp³-hybridized carbons (Fsp3) is 0.846. The Balaban J connectivity index is 1.57. The molecule has 1 aromatic rings. The Labute approximate surface area is 112 Å². The Hall–Kier alpha value is -0.680. The molecule has 5 heteroatoms. The molecule has 18 heavy (non-hydrogen) atoms. The van der Waals surface area contributed by atoms with Crippen molar-refractivity contribution in [2.75, 3.05) is 18.5 Å². The molecule has 0 saturated heterocycles. The van der Waals surface area contributed by atoms with Crippen LogP contribution in [0.25, 0.3) is 0 Å². The van der Waals surface area contributed by atoms with Crippen molar-refractivity contribution in [2.24, 2.45) is 5.41 Å². The maximum atomic E-state index is 9.65. The molecule has 0 radical (unpaired) electrons. The lowest BCUT2D eigenvalue weighted by Crippen LogP contribution is -2.35. The van der Waals surface area contributed by atoms with Gasteiger partial charge in [0, 0.05) is 29.4 Å². The zero-order chi connectivity index (χ0) is 12.4. The van der Waals surface area contributed by atoms with Crippen LogP contribution in [0.5, 0.6) is 0 Å². The van der Waals surface area contributed by atoms with Crippen molar-refractivity contribution in [3.8, 4) is 0 Å². The highest BCUT2D eigenvalue weighted by molar-refractivity contribution is 7.09. The van der Waals surface area contributed by atoms with E-state index >= 15 is 0 Å². The monoisotopic (exact) mass is 267 g/mol. The van der Waals surface area contributed by atoms with Crippen molar-refractivity contribution in [2.45, 2.75) is 50.9 Å². The average Bonchev–Trinajstić information content (AvgIpc) is 3.17. The first kappa shape index (κ1) is 12.4. The van der Waals surface area contributed by atoms with Gasteiger partial charge in [0.15, 0.2) is 0 Å². The minimum atomic E-state index is 0.0731. The SMILES string of the molecule is OCC1(CNc2nc(C3CC3)ns2)CCCCC1. The highest BCUT2D eigenvalue weighted by Crippen LogP contribution is 2.40. The van der Waals surface area contributed by atoms with Gasteiger partial charge in [-0.15, -0.1) is 0 Å². The lowest BCUT2D eigenvalue weighted by Gasteiger charge is -2.35. The summed E-state index contributed by atoms with van der Waals surface area (Å²) in [5.74, 6) is 1.64. The molecule has 0 aliphatic heterocycles. The smallest absolute Gasteiger partial charge is 0.202 e. The Morgan fingerprint density at radius 1 is 1.28 bits per heavy atom. The number of hydrogen-bond acceptors (Lipinski definition) is 5. The summed E-state index contributed by atoms with van der Waals surface area (Å²) in [5, 5.41) is 14.0. The highest BCUT2D eigenvalue weighted by atomic mass is 32.1. The minimum absolute atomic E-state index is 0.0731. The molecule has 4 nitrogen and oxygen atoms in total. The molecular formula is C13H21N3OS. The summed E-state index contributed by atoms with van der Waals surface area (Å²) in [6.45, 7) is 1.12. The Morgan fingerprint density at radius 2 is 2.06 bits per heavy atom. The van der Waals surface area contributed by atoms with Crippen LogP contribution >= 0.6 is 11.5 Å². The van der Waals surface area contributed by atoms with Gasteiger partial charge in [-0.1, -0.05) is 19.3 Å². The fourth-order valence-electron chi connectivity index (χ4n) is 2.77. The minimum Gasteiger partial charge on any atom is -0.396 e. The molecule has 2 N–H and O–H groups in total. The summed E-state index contributed by atoms with van der Waals surface area (Å²) in [6.07, 6.45) is 8.55. The summed E-state index contributed by atoms with van der Waals surface area (Å²) in [5.41, 5.74) is 0.0731. The molecule has 0 aromatic carbocycles. The van der Waals surface area contributed by atoms with E-state index in [9.17, 15) is 5.11 Å². The molecule has 0 bridgehead atoms. The molecular weight excluding hydrogens is 246 g/mol. The summed E-state index contributed by atoms with van der Waals surface area (Å²) < 4.78 is 4.40. The van der Waals surface area contributed by atoms with E-state index in [1.54, 1.807) is 0 Å². The quantitative estimate of drug-likeness (QED) is 0.861. The van der Waals surface area contributed by atoms with Gasteiger partial charge in [-0.3, -0.25) is 0 Å². The first-order chi connectivity index (χ1) is 8.81. The molecule has 100 valence electrons. The third kappa shape index (κ3) is 2.67. The Morgan fingerprint density at radius 3 is 2.72 bits per heavy atom. The van der Waals surface area contributed by atoms with Crippen LogP contribution in [-0.2, 0) is 0 Å². The summed E-state index contributed by atoms with van der Waals surface area (Å²) in [4.78, 5) is 4.54. The lowest BCUT2D eigenvalue weighted by atomic mass is 9.74. The van der Waals surface area contributed by atoms with Crippen LogP contribution < -0.4 is 5.32 Å². The molecule has 2 saturated carbocycles. The third-order valence-electron chi connectivity index (χ3n) is 4.25. The highest BCUT2D eigenvalue weighted by Gasteiger charge is 2.32. The number of nitrogens with one attached hydrogen (secondary N) is 1. The summed E-state index contributed by atoms with van der Waals surface area (Å²) in [7, 11) is 0. The van der Waals surface area contributed by atoms with Crippen LogP contribution in [0.1, 0.15) is 56.7 Å². The molecule has 2 fully saturated rings. The predicted octanol–water partition coefficient (Wildman–Crippen LogP) is 2.77. The van der Waals surface area contributed by atoms with Gasteiger partial charge in [0.1, 0.15) is 5.82 Å². The second-order valence-corrected chi connectivity index (χ2v) is 6.56. The van der Waals surface area contributed by atoms with Gasteiger partial charge in [-0.2, -0.15) is 4.37 Å². The normalized spacial score (nSPS) is 22.9. The number of nitrogens with zero attached hydrogens (tertiary/aromatic N) is 2. The van der Waals surface area contributed by atoms with Crippen molar-refractivity contribution in [1.82, 2.24) is 9.36 Å². The molecule has 1 heterocycles. The van der Waals surface area contributed by atoms with E-state index in [1.807, 2.05) is 0 Å². The third-order valence-corrected chi connectivity index (χ3v) is 4.94. The number of anilines is 1. The van der Waals surface area contributed by atoms with Crippen LogP contribution in [0.4, 0.5) is 5.13 Å². The van der Waals surface area contributed by atoms with Gasteiger partial charge in [0.25, 0.3) is 0 Å². The van der Waals surface area contributed by atoms with Gasteiger partial charge in [-0.25, -0.2) is 4.98 Å². The second-order valence-electron chi connectivity index (χ2n) is 5.80. The van der Waals surface area contributed by atoms with E-state index < -0.39 is 0 Å². The fourth-order valence-corrected chi connectivity index (χ4v) is 3.41. The number of aliphatic hydroxyl groups excluding tert-OH is 1. The van der Waals surface area contributed by atoms with Crippen LogP contribution in [0.15, 0.2) is 0 Å². The topological polar surface area (TPSA) is 58.0 Å². The van der Waals surface area contributed by atoms with Gasteiger partial charge in [0.2, 0.25) is 5.13 Å². The first-order valence-corrected chi connectivity index (χ1v) is 7.77. The zero-order valence-corrected chi connectivity index (χ0v) is 11.5. The lowest BCUT2D eigenvalue weighted by molar-refractivity contribution is 0.0944. The van der Waals surface area contributed by atoms with E-state index in [0.29, 0.717) is 5.92 Å². The van der Waals surface area contributed by atoms with Gasteiger partial charge < -0.3 is 10.4 Å². The van der Waals surface area contributed by atoms with Crippen LogP contribution in [0.3, 0.4) is 0 Å². The van der Waals surface area contributed by atoms with Crippen LogP contribution in [0.2, 0.25) is 0 Å². The Bertz CT molecular complexity index is 397. The van der Waals surface area contributed by atoms with Crippen molar-refractivity contribution >= 4 is 16.7 Å². The van der Waals surface area contributed by atoms with E-state index in [-0.39, 0.29) is 12.0 Å². The Kier molecular flexibility index (Phi) is 3.52. The largest absolute Gasteiger partial charge is 0.396 e. The molecule has 0 unspecified atom stereocenters. The zero-order valence-electron chi connectivity index (χ0n) is 10.7. The molecule has 0 atom stereocenters. The number of hydrogen-bond donors (Lipinski definition) is 2. The van der Waals surface area contributed by atoms with Crippen LogP contribution in [0, 0.1) is 5.41 Å². The van der Waals surface area contributed by atoms with Crippen molar-refractivity contribution in [1.29, 1.82) is 0 Å². The van der Waals surface area contributed by atoms with Gasteiger partial charge >= 0.3 is 0 Å². The van der Waals surface area contributed by atoms with E-state index in [0.717, 1.165) is 30.3 Å². The summed E-state index contributed by atoms with van der Waals surface area (Å²) in [6, 6.07) is 0. The molecule has 2 aliphatic carbocycles. The van der Waals surface area contributed by atoms with Crippen LogP contribution in [-0.4, -0.2) is 27.6 Å². The maximum absolute atomic E-state index is 9.65. The van der Waals surface area contributed by atoms with E-state index in [4.69, 9.17) is 0 Å². The molecule has 0 amide bonds. The maximum Gasteiger partial charge on any atom is 0.202 e. The second kappa shape index (κ2) is 5.13.